The maximum atomic E-state index is 12.9. The molecule has 0 atom stereocenters. The maximum Gasteiger partial charge on any atom is 0.243 e. The molecule has 2 aliphatic rings. The zero-order chi connectivity index (χ0) is 25.5. The van der Waals surface area contributed by atoms with Gasteiger partial charge in [-0.3, -0.25) is 14.2 Å². The quantitative estimate of drug-likeness (QED) is 0.487. The molecule has 5 rings (SSSR count). The second kappa shape index (κ2) is 9.47. The first-order valence-corrected chi connectivity index (χ1v) is 14.7. The van der Waals surface area contributed by atoms with Gasteiger partial charge in [-0.05, 0) is 49.4 Å². The fraction of sp³-hybridized carbons (Fsp3) is 0.391. The molecule has 3 aromatic rings. The SMILES string of the molecule is CN1CCN(S(=O)(=O)c2ccc(CC(=O)Nc3n[nH]c4ccc(N5CCCS5(=O)=O)cc34)cc2)CC1. The van der Waals surface area contributed by atoms with Gasteiger partial charge < -0.3 is 10.2 Å². The molecule has 1 aromatic heterocycles. The van der Waals surface area contributed by atoms with Gasteiger partial charge in [0.05, 0.1) is 28.3 Å². The van der Waals surface area contributed by atoms with Gasteiger partial charge in [0.25, 0.3) is 0 Å². The number of piperazine rings is 1. The Morgan fingerprint density at radius 2 is 1.78 bits per heavy atom. The maximum absolute atomic E-state index is 12.9. The van der Waals surface area contributed by atoms with Gasteiger partial charge in [0.1, 0.15) is 0 Å². The lowest BCUT2D eigenvalue weighted by Crippen LogP contribution is -2.46. The van der Waals surface area contributed by atoms with Crippen LogP contribution in [0, 0.1) is 0 Å². The van der Waals surface area contributed by atoms with Crippen LogP contribution in [0.1, 0.15) is 12.0 Å². The van der Waals surface area contributed by atoms with Crippen molar-refractivity contribution in [2.24, 2.45) is 0 Å². The van der Waals surface area contributed by atoms with Crippen molar-refractivity contribution in [2.45, 2.75) is 17.7 Å². The fourth-order valence-electron chi connectivity index (χ4n) is 4.50. The average molecular weight is 533 g/mol. The Morgan fingerprint density at radius 3 is 2.44 bits per heavy atom. The van der Waals surface area contributed by atoms with Crippen molar-refractivity contribution in [2.75, 3.05) is 55.1 Å². The number of H-pyrrole nitrogens is 1. The van der Waals surface area contributed by atoms with Crippen molar-refractivity contribution in [1.82, 2.24) is 19.4 Å². The third kappa shape index (κ3) is 4.83. The summed E-state index contributed by atoms with van der Waals surface area (Å²) in [6, 6.07) is 11.5. The molecule has 1 amide bonds. The van der Waals surface area contributed by atoms with Crippen molar-refractivity contribution < 1.29 is 21.6 Å². The highest BCUT2D eigenvalue weighted by Crippen LogP contribution is 2.30. The van der Waals surface area contributed by atoms with E-state index in [0.29, 0.717) is 67.1 Å². The number of aromatic amines is 1. The van der Waals surface area contributed by atoms with Gasteiger partial charge in [-0.15, -0.1) is 0 Å². The topological polar surface area (TPSA) is 136 Å². The van der Waals surface area contributed by atoms with Crippen LogP contribution in [0.25, 0.3) is 10.9 Å². The molecular formula is C23H28N6O5S2. The molecule has 2 N–H and O–H groups in total. The number of aromatic nitrogens is 2. The predicted molar refractivity (Wildman–Crippen MR) is 137 cm³/mol. The molecule has 3 heterocycles. The van der Waals surface area contributed by atoms with E-state index >= 15 is 0 Å². The zero-order valence-corrected chi connectivity index (χ0v) is 21.5. The number of carbonyl (C=O) groups excluding carboxylic acids is 1. The Balaban J connectivity index is 1.27. The molecule has 2 aromatic carbocycles. The first-order valence-electron chi connectivity index (χ1n) is 11.7. The molecular weight excluding hydrogens is 504 g/mol. The summed E-state index contributed by atoms with van der Waals surface area (Å²) in [5.74, 6) is 0.107. The summed E-state index contributed by atoms with van der Waals surface area (Å²) in [5.41, 5.74) is 1.87. The smallest absolute Gasteiger partial charge is 0.243 e. The highest BCUT2D eigenvalue weighted by atomic mass is 32.2. The summed E-state index contributed by atoms with van der Waals surface area (Å²) in [6.07, 6.45) is 0.605. The third-order valence-electron chi connectivity index (χ3n) is 6.58. The van der Waals surface area contributed by atoms with Crippen molar-refractivity contribution in [3.8, 4) is 0 Å². The Labute approximate surface area is 210 Å². The van der Waals surface area contributed by atoms with E-state index < -0.39 is 20.0 Å². The van der Waals surface area contributed by atoms with Crippen LogP contribution in [0.5, 0.6) is 0 Å². The molecule has 0 bridgehead atoms. The van der Waals surface area contributed by atoms with Crippen LogP contribution in [0.2, 0.25) is 0 Å². The van der Waals surface area contributed by atoms with Crippen LogP contribution in [-0.2, 0) is 31.3 Å². The molecule has 0 radical (unpaired) electrons. The van der Waals surface area contributed by atoms with E-state index in [2.05, 4.69) is 20.4 Å². The highest BCUT2D eigenvalue weighted by Gasteiger charge is 2.29. The monoisotopic (exact) mass is 532 g/mol. The molecule has 2 aliphatic heterocycles. The second-order valence-electron chi connectivity index (χ2n) is 9.12. The van der Waals surface area contributed by atoms with Gasteiger partial charge in [-0.2, -0.15) is 9.40 Å². The van der Waals surface area contributed by atoms with E-state index in [9.17, 15) is 21.6 Å². The summed E-state index contributed by atoms with van der Waals surface area (Å²) in [6.45, 7) is 2.70. The highest BCUT2D eigenvalue weighted by molar-refractivity contribution is 7.93. The molecule has 2 fully saturated rings. The normalized spacial score (nSPS) is 19.1. The van der Waals surface area contributed by atoms with Crippen molar-refractivity contribution in [3.63, 3.8) is 0 Å². The van der Waals surface area contributed by atoms with Gasteiger partial charge in [0, 0.05) is 38.1 Å². The number of benzene rings is 2. The number of sulfonamides is 2. The molecule has 0 unspecified atom stereocenters. The zero-order valence-electron chi connectivity index (χ0n) is 19.8. The Hall–Kier alpha value is -3.00. The molecule has 0 spiro atoms. The molecule has 192 valence electrons. The number of hydrogen-bond donors (Lipinski definition) is 2. The summed E-state index contributed by atoms with van der Waals surface area (Å²) >= 11 is 0. The summed E-state index contributed by atoms with van der Waals surface area (Å²) in [7, 11) is -4.93. The van der Waals surface area contributed by atoms with Gasteiger partial charge in [0.15, 0.2) is 5.82 Å². The first kappa shape index (κ1) is 24.7. The van der Waals surface area contributed by atoms with E-state index in [0.717, 1.165) is 0 Å². The number of nitrogens with one attached hydrogen (secondary N) is 2. The minimum atomic E-state index is -3.57. The summed E-state index contributed by atoms with van der Waals surface area (Å²) in [5, 5.41) is 10.4. The largest absolute Gasteiger partial charge is 0.308 e. The molecule has 13 heteroatoms. The van der Waals surface area contributed by atoms with Gasteiger partial charge in [-0.1, -0.05) is 12.1 Å². The Bertz CT molecular complexity index is 1490. The van der Waals surface area contributed by atoms with E-state index in [1.54, 1.807) is 30.3 Å². The molecule has 11 nitrogen and oxygen atoms in total. The minimum absolute atomic E-state index is 0.0311. The Morgan fingerprint density at radius 1 is 1.06 bits per heavy atom. The summed E-state index contributed by atoms with van der Waals surface area (Å²) in [4.78, 5) is 15.0. The van der Waals surface area contributed by atoms with E-state index in [-0.39, 0.29) is 23.0 Å². The van der Waals surface area contributed by atoms with Crippen molar-refractivity contribution in [3.05, 3.63) is 48.0 Å². The van der Waals surface area contributed by atoms with Crippen LogP contribution >= 0.6 is 0 Å². The second-order valence-corrected chi connectivity index (χ2v) is 13.1. The van der Waals surface area contributed by atoms with Crippen molar-refractivity contribution >= 4 is 48.4 Å². The first-order chi connectivity index (χ1) is 17.1. The fourth-order valence-corrected chi connectivity index (χ4v) is 7.48. The van der Waals surface area contributed by atoms with E-state index in [4.69, 9.17) is 0 Å². The van der Waals surface area contributed by atoms with Gasteiger partial charge >= 0.3 is 0 Å². The number of fused-ring (bicyclic) bond motifs is 1. The van der Waals surface area contributed by atoms with Crippen LogP contribution < -0.4 is 9.62 Å². The van der Waals surface area contributed by atoms with E-state index in [1.807, 2.05) is 7.05 Å². The van der Waals surface area contributed by atoms with Gasteiger partial charge in [0.2, 0.25) is 26.0 Å². The summed E-state index contributed by atoms with van der Waals surface area (Å²) < 4.78 is 53.2. The van der Waals surface area contributed by atoms with Crippen LogP contribution in [0.3, 0.4) is 0 Å². The number of rotatable bonds is 6. The predicted octanol–water partition coefficient (Wildman–Crippen LogP) is 1.22. The van der Waals surface area contributed by atoms with Gasteiger partial charge in [-0.25, -0.2) is 16.8 Å². The third-order valence-corrected chi connectivity index (χ3v) is 10.4. The number of hydrogen-bond acceptors (Lipinski definition) is 7. The molecule has 36 heavy (non-hydrogen) atoms. The number of nitrogens with zero attached hydrogens (tertiary/aromatic N) is 4. The lowest BCUT2D eigenvalue weighted by molar-refractivity contribution is -0.115. The number of carbonyl (C=O) groups is 1. The lowest BCUT2D eigenvalue weighted by atomic mass is 10.1. The number of anilines is 2. The standard InChI is InChI=1S/C23H28N6O5S2/c1-27-10-12-28(13-11-27)36(33,34)19-6-3-17(4-7-19)15-22(30)24-23-20-16-18(5-8-21(20)25-26-23)29-9-2-14-35(29,31)32/h3-8,16H,2,9-15H2,1H3,(H2,24,25,26,30). The minimum Gasteiger partial charge on any atom is -0.308 e. The van der Waals surface area contributed by atoms with E-state index in [1.165, 1.54) is 20.7 Å². The molecule has 0 saturated carbocycles. The average Bonchev–Trinajstić information content (AvgIpc) is 3.41. The number of amides is 1. The Kier molecular flexibility index (Phi) is 6.49. The molecule has 2 saturated heterocycles. The lowest BCUT2D eigenvalue weighted by Gasteiger charge is -2.31. The van der Waals surface area contributed by atoms with Crippen LogP contribution in [0.4, 0.5) is 11.5 Å². The van der Waals surface area contributed by atoms with Crippen molar-refractivity contribution in [1.29, 1.82) is 0 Å². The number of likely N-dealkylation sites (N-methyl/N-ethyl adjacent to an activating group) is 1. The van der Waals surface area contributed by atoms with Crippen LogP contribution in [0.15, 0.2) is 47.4 Å². The van der Waals surface area contributed by atoms with Crippen LogP contribution in [-0.4, -0.2) is 87.7 Å². The molecule has 0 aliphatic carbocycles.